The van der Waals surface area contributed by atoms with Crippen LogP contribution in [0.4, 0.5) is 11.6 Å². The lowest BCUT2D eigenvalue weighted by atomic mass is 10.1. The van der Waals surface area contributed by atoms with Gasteiger partial charge in [-0.05, 0) is 42.8 Å². The third-order valence-electron chi connectivity index (χ3n) is 4.06. The fourth-order valence-electron chi connectivity index (χ4n) is 2.66. The summed E-state index contributed by atoms with van der Waals surface area (Å²) in [6.07, 6.45) is 0. The minimum atomic E-state index is -0.739. The fraction of sp³-hybridized carbons (Fsp3) is 0.143. The Balaban J connectivity index is 1.58. The maximum Gasteiger partial charge on any atom is 0.433 e. The number of nitrogens with zero attached hydrogens (tertiary/aromatic N) is 1. The summed E-state index contributed by atoms with van der Waals surface area (Å²) in [4.78, 5) is 34.8. The average Bonchev–Trinajstić information content (AvgIpc) is 3.22. The number of anilines is 1. The molecule has 2 amide bonds. The van der Waals surface area contributed by atoms with E-state index in [0.717, 1.165) is 11.6 Å². The molecule has 3 rings (SSSR count). The van der Waals surface area contributed by atoms with Crippen molar-refractivity contribution in [3.05, 3.63) is 87.7 Å². The highest BCUT2D eigenvalue weighted by molar-refractivity contribution is 6.07. The van der Waals surface area contributed by atoms with E-state index < -0.39 is 22.6 Å². The normalized spacial score (nSPS) is 10.3. The summed E-state index contributed by atoms with van der Waals surface area (Å²) in [7, 11) is 0. The third-order valence-corrected chi connectivity index (χ3v) is 4.06. The predicted octanol–water partition coefficient (Wildman–Crippen LogP) is 3.56. The first-order valence-electron chi connectivity index (χ1n) is 9.06. The zero-order chi connectivity index (χ0) is 21.5. The highest BCUT2D eigenvalue weighted by Crippen LogP contribution is 2.19. The molecule has 0 saturated heterocycles. The number of hydrogen-bond donors (Lipinski definition) is 2. The van der Waals surface area contributed by atoms with E-state index in [0.29, 0.717) is 5.75 Å². The summed E-state index contributed by atoms with van der Waals surface area (Å²) in [5.41, 5.74) is 1.56. The minimum Gasteiger partial charge on any atom is -0.492 e. The van der Waals surface area contributed by atoms with Gasteiger partial charge in [0.25, 0.3) is 11.8 Å². The monoisotopic (exact) mass is 409 g/mol. The Labute approximate surface area is 171 Å². The molecule has 0 aliphatic carbocycles. The molecular weight excluding hydrogens is 390 g/mol. The van der Waals surface area contributed by atoms with Gasteiger partial charge in [-0.25, -0.2) is 0 Å². The number of hydrogen-bond acceptors (Lipinski definition) is 6. The standard InChI is InChI=1S/C21H19N3O6/c1-14-5-4-6-15(13-14)29-12-11-22-20(25)16-7-2-3-8-17(16)23-21(26)18-9-10-19(30-18)24(27)28/h2-10,13H,11-12H2,1H3,(H,22,25)(H,23,26). The van der Waals surface area contributed by atoms with Crippen molar-refractivity contribution >= 4 is 23.4 Å². The number of furan rings is 1. The van der Waals surface area contributed by atoms with Gasteiger partial charge >= 0.3 is 5.88 Å². The van der Waals surface area contributed by atoms with E-state index in [1.807, 2.05) is 31.2 Å². The quantitative estimate of drug-likeness (QED) is 0.333. The lowest BCUT2D eigenvalue weighted by molar-refractivity contribution is -0.402. The van der Waals surface area contributed by atoms with Crippen molar-refractivity contribution in [2.45, 2.75) is 6.92 Å². The number of ether oxygens (including phenoxy) is 1. The Morgan fingerprint density at radius 1 is 1.07 bits per heavy atom. The molecule has 0 fully saturated rings. The van der Waals surface area contributed by atoms with Crippen LogP contribution in [0.3, 0.4) is 0 Å². The number of benzene rings is 2. The molecule has 0 unspecified atom stereocenters. The van der Waals surface area contributed by atoms with Crippen LogP contribution in [0.15, 0.2) is 65.1 Å². The maximum atomic E-state index is 12.5. The van der Waals surface area contributed by atoms with Gasteiger partial charge in [-0.3, -0.25) is 19.7 Å². The van der Waals surface area contributed by atoms with Gasteiger partial charge in [-0.2, -0.15) is 0 Å². The molecule has 30 heavy (non-hydrogen) atoms. The Bertz CT molecular complexity index is 1080. The van der Waals surface area contributed by atoms with Crippen molar-refractivity contribution in [1.82, 2.24) is 5.32 Å². The number of aryl methyl sites for hydroxylation is 1. The molecule has 3 aromatic rings. The molecule has 2 aromatic carbocycles. The van der Waals surface area contributed by atoms with Crippen LogP contribution in [0.1, 0.15) is 26.5 Å². The van der Waals surface area contributed by atoms with Gasteiger partial charge in [-0.1, -0.05) is 24.3 Å². The van der Waals surface area contributed by atoms with E-state index in [1.54, 1.807) is 24.3 Å². The van der Waals surface area contributed by atoms with Crippen LogP contribution in [0, 0.1) is 17.0 Å². The Morgan fingerprint density at radius 3 is 2.60 bits per heavy atom. The van der Waals surface area contributed by atoms with E-state index in [-0.39, 0.29) is 30.2 Å². The summed E-state index contributed by atoms with van der Waals surface area (Å²) in [5, 5.41) is 16.0. The molecule has 9 nitrogen and oxygen atoms in total. The number of rotatable bonds is 8. The summed E-state index contributed by atoms with van der Waals surface area (Å²) in [6.45, 7) is 2.50. The number of nitro groups is 1. The molecule has 0 bridgehead atoms. The second-order valence-electron chi connectivity index (χ2n) is 6.32. The second-order valence-corrected chi connectivity index (χ2v) is 6.32. The lowest BCUT2D eigenvalue weighted by Crippen LogP contribution is -2.29. The second kappa shape index (κ2) is 9.37. The summed E-state index contributed by atoms with van der Waals surface area (Å²) < 4.78 is 10.5. The molecule has 154 valence electrons. The third kappa shape index (κ3) is 5.22. The minimum absolute atomic E-state index is 0.233. The lowest BCUT2D eigenvalue weighted by Gasteiger charge is -2.11. The molecule has 1 heterocycles. The van der Waals surface area contributed by atoms with Gasteiger partial charge in [0.1, 0.15) is 17.3 Å². The van der Waals surface area contributed by atoms with E-state index >= 15 is 0 Å². The van der Waals surface area contributed by atoms with Gasteiger partial charge in [0.05, 0.1) is 23.9 Å². The average molecular weight is 409 g/mol. The smallest absolute Gasteiger partial charge is 0.433 e. The van der Waals surface area contributed by atoms with Crippen molar-refractivity contribution in [3.63, 3.8) is 0 Å². The van der Waals surface area contributed by atoms with E-state index in [1.165, 1.54) is 6.07 Å². The summed E-state index contributed by atoms with van der Waals surface area (Å²) >= 11 is 0. The van der Waals surface area contributed by atoms with E-state index in [9.17, 15) is 19.7 Å². The first-order valence-corrected chi connectivity index (χ1v) is 9.06. The van der Waals surface area contributed by atoms with Crippen molar-refractivity contribution < 1.29 is 23.7 Å². The van der Waals surface area contributed by atoms with Crippen molar-refractivity contribution in [1.29, 1.82) is 0 Å². The number of amides is 2. The maximum absolute atomic E-state index is 12.5. The van der Waals surface area contributed by atoms with Crippen LogP contribution in [0.5, 0.6) is 5.75 Å². The topological polar surface area (TPSA) is 124 Å². The summed E-state index contributed by atoms with van der Waals surface area (Å²) in [6, 6.07) is 16.3. The first-order chi connectivity index (χ1) is 14.4. The molecule has 0 saturated carbocycles. The zero-order valence-electron chi connectivity index (χ0n) is 16.1. The van der Waals surface area contributed by atoms with Gasteiger partial charge in [0, 0.05) is 0 Å². The molecule has 0 aliphatic heterocycles. The molecule has 2 N–H and O–H groups in total. The molecule has 9 heteroatoms. The number of para-hydroxylation sites is 1. The van der Waals surface area contributed by atoms with Crippen LogP contribution in [0.25, 0.3) is 0 Å². The van der Waals surface area contributed by atoms with Gasteiger partial charge in [0.2, 0.25) is 0 Å². The van der Waals surface area contributed by atoms with Crippen LogP contribution in [0.2, 0.25) is 0 Å². The van der Waals surface area contributed by atoms with Crippen LogP contribution in [-0.2, 0) is 0 Å². The van der Waals surface area contributed by atoms with Crippen LogP contribution in [-0.4, -0.2) is 29.9 Å². The Morgan fingerprint density at radius 2 is 1.87 bits per heavy atom. The molecule has 0 atom stereocenters. The van der Waals surface area contributed by atoms with Gasteiger partial charge in [0.15, 0.2) is 5.76 Å². The van der Waals surface area contributed by atoms with Crippen molar-refractivity contribution in [2.24, 2.45) is 0 Å². The number of nitrogens with one attached hydrogen (secondary N) is 2. The number of carbonyl (C=O) groups is 2. The molecular formula is C21H19N3O6. The van der Waals surface area contributed by atoms with Crippen LogP contribution < -0.4 is 15.4 Å². The molecule has 1 aromatic heterocycles. The number of carbonyl (C=O) groups excluding carboxylic acids is 2. The predicted molar refractivity (Wildman–Crippen MR) is 109 cm³/mol. The highest BCUT2D eigenvalue weighted by Gasteiger charge is 2.19. The molecule has 0 radical (unpaired) electrons. The van der Waals surface area contributed by atoms with Gasteiger partial charge in [-0.15, -0.1) is 0 Å². The van der Waals surface area contributed by atoms with Gasteiger partial charge < -0.3 is 19.8 Å². The zero-order valence-corrected chi connectivity index (χ0v) is 16.1. The SMILES string of the molecule is Cc1cccc(OCCNC(=O)c2ccccc2NC(=O)c2ccc([N+](=O)[O-])o2)c1. The fourth-order valence-corrected chi connectivity index (χ4v) is 2.66. The Hall–Kier alpha value is -4.14. The summed E-state index contributed by atoms with van der Waals surface area (Å²) in [5.74, 6) is -1.16. The van der Waals surface area contributed by atoms with Crippen molar-refractivity contribution in [2.75, 3.05) is 18.5 Å². The van der Waals surface area contributed by atoms with Crippen LogP contribution >= 0.6 is 0 Å². The molecule has 0 aliphatic rings. The van der Waals surface area contributed by atoms with E-state index in [2.05, 4.69) is 10.6 Å². The van der Waals surface area contributed by atoms with E-state index in [4.69, 9.17) is 9.15 Å². The highest BCUT2D eigenvalue weighted by atomic mass is 16.6. The first kappa shape index (κ1) is 20.6. The molecule has 0 spiro atoms. The van der Waals surface area contributed by atoms with Crippen molar-refractivity contribution in [3.8, 4) is 5.75 Å². The Kier molecular flexibility index (Phi) is 6.43. The largest absolute Gasteiger partial charge is 0.492 e.